The standard InChI is InChI=1S/C17H17N5O3S2/c1-10-13(11-7-5-4-6-8-11)14(16(24)25-3)15(27-10)18-12(23)9-26-17-19-20-21-22(17)2/h4-8H,9H2,1-3H3,(H,18,23). The third-order valence-electron chi connectivity index (χ3n) is 3.70. The Bertz CT molecular complexity index is 968. The number of carbonyl (C=O) groups excluding carboxylic acids is 2. The van der Waals surface area contributed by atoms with E-state index in [4.69, 9.17) is 4.74 Å². The molecule has 8 nitrogen and oxygen atoms in total. The Balaban J connectivity index is 1.85. The number of methoxy groups -OCH3 is 1. The van der Waals surface area contributed by atoms with Gasteiger partial charge in [-0.15, -0.1) is 16.4 Å². The van der Waals surface area contributed by atoms with E-state index < -0.39 is 5.97 Å². The Morgan fingerprint density at radius 1 is 1.30 bits per heavy atom. The molecule has 0 radical (unpaired) electrons. The van der Waals surface area contributed by atoms with Crippen molar-refractivity contribution in [3.05, 3.63) is 40.8 Å². The lowest BCUT2D eigenvalue weighted by atomic mass is 10.0. The van der Waals surface area contributed by atoms with Gasteiger partial charge in [0.25, 0.3) is 0 Å². The number of tetrazole rings is 1. The van der Waals surface area contributed by atoms with E-state index in [0.717, 1.165) is 16.0 Å². The fourth-order valence-electron chi connectivity index (χ4n) is 2.52. The number of anilines is 1. The van der Waals surface area contributed by atoms with Crippen molar-refractivity contribution in [2.45, 2.75) is 12.1 Å². The van der Waals surface area contributed by atoms with Crippen LogP contribution in [0.2, 0.25) is 0 Å². The SMILES string of the molecule is COC(=O)c1c(NC(=O)CSc2nnnn2C)sc(C)c1-c1ccccc1. The number of nitrogens with one attached hydrogen (secondary N) is 1. The third kappa shape index (κ3) is 4.17. The van der Waals surface area contributed by atoms with E-state index in [0.29, 0.717) is 15.7 Å². The van der Waals surface area contributed by atoms with Crippen LogP contribution in [0.3, 0.4) is 0 Å². The summed E-state index contributed by atoms with van der Waals surface area (Å²) in [6.45, 7) is 1.91. The quantitative estimate of drug-likeness (QED) is 0.499. The number of aromatic nitrogens is 4. The smallest absolute Gasteiger partial charge is 0.341 e. The van der Waals surface area contributed by atoms with Crippen molar-refractivity contribution in [2.24, 2.45) is 7.05 Å². The summed E-state index contributed by atoms with van der Waals surface area (Å²) < 4.78 is 6.44. The molecule has 10 heteroatoms. The van der Waals surface area contributed by atoms with Crippen molar-refractivity contribution in [3.63, 3.8) is 0 Å². The maximum Gasteiger partial charge on any atom is 0.341 e. The first-order valence-electron chi connectivity index (χ1n) is 7.93. The van der Waals surface area contributed by atoms with Crippen LogP contribution >= 0.6 is 23.1 Å². The Morgan fingerprint density at radius 3 is 2.67 bits per heavy atom. The van der Waals surface area contributed by atoms with E-state index in [1.165, 1.54) is 34.9 Å². The summed E-state index contributed by atoms with van der Waals surface area (Å²) in [6, 6.07) is 9.55. The summed E-state index contributed by atoms with van der Waals surface area (Å²) in [7, 11) is 3.02. The van der Waals surface area contributed by atoms with Gasteiger partial charge < -0.3 is 10.1 Å². The molecule has 0 atom stereocenters. The maximum atomic E-state index is 12.4. The summed E-state index contributed by atoms with van der Waals surface area (Å²) >= 11 is 2.56. The van der Waals surface area contributed by atoms with E-state index in [9.17, 15) is 9.59 Å². The van der Waals surface area contributed by atoms with Crippen molar-refractivity contribution >= 4 is 40.0 Å². The van der Waals surface area contributed by atoms with E-state index in [1.54, 1.807) is 7.05 Å². The molecule has 0 aliphatic carbocycles. The highest BCUT2D eigenvalue weighted by atomic mass is 32.2. The topological polar surface area (TPSA) is 99.0 Å². The average Bonchev–Trinajstić information content (AvgIpc) is 3.22. The second-order valence-corrected chi connectivity index (χ2v) is 7.68. The number of amides is 1. The first-order chi connectivity index (χ1) is 13.0. The molecule has 1 N–H and O–H groups in total. The van der Waals surface area contributed by atoms with Crippen LogP contribution in [0.4, 0.5) is 5.00 Å². The lowest BCUT2D eigenvalue weighted by molar-refractivity contribution is -0.113. The molecule has 27 heavy (non-hydrogen) atoms. The number of thioether (sulfide) groups is 1. The molecule has 2 heterocycles. The molecule has 0 saturated carbocycles. The molecule has 0 bridgehead atoms. The highest BCUT2D eigenvalue weighted by Crippen LogP contribution is 2.40. The zero-order valence-corrected chi connectivity index (χ0v) is 16.6. The lowest BCUT2D eigenvalue weighted by Crippen LogP contribution is -2.16. The van der Waals surface area contributed by atoms with Gasteiger partial charge in [-0.2, -0.15) is 0 Å². The minimum Gasteiger partial charge on any atom is -0.465 e. The predicted molar refractivity (Wildman–Crippen MR) is 104 cm³/mol. The largest absolute Gasteiger partial charge is 0.465 e. The van der Waals surface area contributed by atoms with Crippen LogP contribution < -0.4 is 5.32 Å². The molecule has 3 rings (SSSR count). The maximum absolute atomic E-state index is 12.4. The summed E-state index contributed by atoms with van der Waals surface area (Å²) in [4.78, 5) is 25.7. The predicted octanol–water partition coefficient (Wildman–Crippen LogP) is 2.76. The van der Waals surface area contributed by atoms with E-state index in [2.05, 4.69) is 20.8 Å². The first kappa shape index (κ1) is 19.1. The molecule has 1 amide bonds. The van der Waals surface area contributed by atoms with Crippen molar-refractivity contribution in [2.75, 3.05) is 18.2 Å². The molecule has 0 aliphatic rings. The van der Waals surface area contributed by atoms with Crippen LogP contribution in [-0.2, 0) is 16.6 Å². The van der Waals surface area contributed by atoms with Crippen LogP contribution in [-0.4, -0.2) is 44.9 Å². The van der Waals surface area contributed by atoms with Gasteiger partial charge in [0.2, 0.25) is 11.1 Å². The fraction of sp³-hybridized carbons (Fsp3) is 0.235. The van der Waals surface area contributed by atoms with Gasteiger partial charge in [-0.3, -0.25) is 4.79 Å². The number of carbonyl (C=O) groups is 2. The monoisotopic (exact) mass is 403 g/mol. The van der Waals surface area contributed by atoms with Gasteiger partial charge in [-0.25, -0.2) is 9.48 Å². The fourth-order valence-corrected chi connectivity index (χ4v) is 4.25. The molecule has 0 spiro atoms. The molecule has 140 valence electrons. The van der Waals surface area contributed by atoms with Gasteiger partial charge in [-0.05, 0) is 22.9 Å². The zero-order valence-electron chi connectivity index (χ0n) is 14.9. The van der Waals surface area contributed by atoms with Crippen LogP contribution in [0.1, 0.15) is 15.2 Å². The highest BCUT2D eigenvalue weighted by Gasteiger charge is 2.25. The van der Waals surface area contributed by atoms with Crippen molar-refractivity contribution in [3.8, 4) is 11.1 Å². The van der Waals surface area contributed by atoms with Crippen molar-refractivity contribution in [1.29, 1.82) is 0 Å². The molecule has 3 aromatic rings. The number of hydrogen-bond acceptors (Lipinski definition) is 8. The number of hydrogen-bond donors (Lipinski definition) is 1. The highest BCUT2D eigenvalue weighted by molar-refractivity contribution is 7.99. The summed E-state index contributed by atoms with van der Waals surface area (Å²) in [6.07, 6.45) is 0. The second-order valence-electron chi connectivity index (χ2n) is 5.52. The molecular formula is C17H17N5O3S2. The Morgan fingerprint density at radius 2 is 2.04 bits per heavy atom. The molecule has 0 fully saturated rings. The van der Waals surface area contributed by atoms with Crippen LogP contribution in [0.15, 0.2) is 35.5 Å². The molecule has 0 saturated heterocycles. The number of ether oxygens (including phenoxy) is 1. The number of rotatable bonds is 6. The molecule has 0 aliphatic heterocycles. The molecule has 0 unspecified atom stereocenters. The van der Waals surface area contributed by atoms with E-state index in [1.807, 2.05) is 37.3 Å². The van der Waals surface area contributed by atoms with Gasteiger partial charge in [-0.1, -0.05) is 42.1 Å². The lowest BCUT2D eigenvalue weighted by Gasteiger charge is -2.08. The Kier molecular flexibility index (Phi) is 5.87. The minimum absolute atomic E-state index is 0.118. The minimum atomic E-state index is -0.487. The molecule has 1 aromatic carbocycles. The molecular weight excluding hydrogens is 386 g/mol. The normalized spacial score (nSPS) is 10.6. The van der Waals surface area contributed by atoms with Crippen LogP contribution in [0.5, 0.6) is 0 Å². The van der Waals surface area contributed by atoms with Crippen molar-refractivity contribution < 1.29 is 14.3 Å². The Labute approximate surface area is 163 Å². The van der Waals surface area contributed by atoms with Crippen molar-refractivity contribution in [1.82, 2.24) is 20.2 Å². The van der Waals surface area contributed by atoms with Gasteiger partial charge in [0.05, 0.1) is 12.9 Å². The van der Waals surface area contributed by atoms with Gasteiger partial charge in [0.1, 0.15) is 10.6 Å². The third-order valence-corrected chi connectivity index (χ3v) is 5.73. The van der Waals surface area contributed by atoms with Crippen LogP contribution in [0.25, 0.3) is 11.1 Å². The number of thiophene rings is 1. The van der Waals surface area contributed by atoms with Gasteiger partial charge in [0.15, 0.2) is 0 Å². The van der Waals surface area contributed by atoms with Gasteiger partial charge >= 0.3 is 5.97 Å². The zero-order chi connectivity index (χ0) is 19.4. The van der Waals surface area contributed by atoms with E-state index in [-0.39, 0.29) is 11.7 Å². The summed E-state index contributed by atoms with van der Waals surface area (Å²) in [5.41, 5.74) is 2.03. The number of nitrogens with zero attached hydrogens (tertiary/aromatic N) is 4. The number of benzene rings is 1. The second kappa shape index (κ2) is 8.31. The number of aryl methyl sites for hydroxylation is 2. The first-order valence-corrected chi connectivity index (χ1v) is 9.73. The van der Waals surface area contributed by atoms with Gasteiger partial charge in [0, 0.05) is 17.5 Å². The molecule has 2 aromatic heterocycles. The summed E-state index contributed by atoms with van der Waals surface area (Å²) in [5.74, 6) is -0.625. The summed E-state index contributed by atoms with van der Waals surface area (Å²) in [5, 5.41) is 14.9. The average molecular weight is 403 g/mol. The van der Waals surface area contributed by atoms with E-state index >= 15 is 0 Å². The number of esters is 1. The van der Waals surface area contributed by atoms with Crippen LogP contribution in [0, 0.1) is 6.92 Å². The Hall–Kier alpha value is -2.72.